The second-order valence-corrected chi connectivity index (χ2v) is 5.21. The lowest BCUT2D eigenvalue weighted by Gasteiger charge is -2.40. The number of rotatable bonds is 0. The van der Waals surface area contributed by atoms with Crippen molar-refractivity contribution in [2.75, 3.05) is 0 Å². The molecule has 0 bridgehead atoms. The van der Waals surface area contributed by atoms with Gasteiger partial charge in [-0.15, -0.1) is 0 Å². The highest BCUT2D eigenvalue weighted by Crippen LogP contribution is 2.48. The summed E-state index contributed by atoms with van der Waals surface area (Å²) in [5, 5.41) is 0. The van der Waals surface area contributed by atoms with E-state index in [9.17, 15) is 18.0 Å². The number of carbonyl (C=O) groups is 1. The quantitative estimate of drug-likeness (QED) is 0.644. The molecule has 1 aliphatic heterocycles. The Morgan fingerprint density at radius 2 is 1.35 bits per heavy atom. The molecule has 1 saturated heterocycles. The van der Waals surface area contributed by atoms with E-state index in [1.807, 2.05) is 0 Å². The molecule has 2 nitrogen and oxygen atoms in total. The van der Waals surface area contributed by atoms with Gasteiger partial charge in [0.25, 0.3) is 0 Å². The molecule has 0 aliphatic carbocycles. The summed E-state index contributed by atoms with van der Waals surface area (Å²) in [6.45, 7) is 13.6. The van der Waals surface area contributed by atoms with E-state index < -0.39 is 23.2 Å². The van der Waals surface area contributed by atoms with Crippen molar-refractivity contribution in [3.05, 3.63) is 24.3 Å². The summed E-state index contributed by atoms with van der Waals surface area (Å²) < 4.78 is 37.8. The molecule has 0 aromatic rings. The van der Waals surface area contributed by atoms with Crippen molar-refractivity contribution >= 4 is 5.91 Å². The standard InChI is InChI=1S/C12H16F3NO/c1-7-8(2)11(5,6)16(10(7,3)4)9(17)12(13,14)15/h1-2H2,3-6H3. The molecule has 17 heavy (non-hydrogen) atoms. The zero-order valence-corrected chi connectivity index (χ0v) is 10.4. The van der Waals surface area contributed by atoms with Crippen LogP contribution in [0, 0.1) is 0 Å². The van der Waals surface area contributed by atoms with Gasteiger partial charge in [0.2, 0.25) is 0 Å². The summed E-state index contributed by atoms with van der Waals surface area (Å²) in [6, 6.07) is 0. The van der Waals surface area contributed by atoms with Gasteiger partial charge in [0, 0.05) is 0 Å². The molecule has 0 unspecified atom stereocenters. The van der Waals surface area contributed by atoms with Crippen molar-refractivity contribution in [3.63, 3.8) is 0 Å². The van der Waals surface area contributed by atoms with E-state index in [0.717, 1.165) is 4.90 Å². The van der Waals surface area contributed by atoms with Crippen molar-refractivity contribution in [2.24, 2.45) is 0 Å². The molecule has 0 radical (unpaired) electrons. The number of amides is 1. The molecule has 1 amide bonds. The SMILES string of the molecule is C=C1C(=C)C(C)(C)N(C(=O)C(F)(F)F)C1(C)C. The molecule has 0 aromatic heterocycles. The molecule has 1 heterocycles. The van der Waals surface area contributed by atoms with Gasteiger partial charge in [0.15, 0.2) is 0 Å². The van der Waals surface area contributed by atoms with Crippen molar-refractivity contribution in [2.45, 2.75) is 44.9 Å². The number of likely N-dealkylation sites (tertiary alicyclic amines) is 1. The van der Waals surface area contributed by atoms with E-state index in [0.29, 0.717) is 11.1 Å². The molecule has 5 heteroatoms. The molecule has 0 atom stereocenters. The third-order valence-corrected chi connectivity index (χ3v) is 3.40. The van der Waals surface area contributed by atoms with Gasteiger partial charge in [-0.25, -0.2) is 0 Å². The van der Waals surface area contributed by atoms with Gasteiger partial charge in [-0.3, -0.25) is 4.79 Å². The molecule has 0 spiro atoms. The van der Waals surface area contributed by atoms with Gasteiger partial charge >= 0.3 is 12.1 Å². The highest BCUT2D eigenvalue weighted by atomic mass is 19.4. The van der Waals surface area contributed by atoms with E-state index in [4.69, 9.17) is 0 Å². The summed E-state index contributed by atoms with van der Waals surface area (Å²) in [5.41, 5.74) is -1.24. The molecular formula is C12H16F3NO. The van der Waals surface area contributed by atoms with E-state index in [2.05, 4.69) is 13.2 Å². The zero-order chi connectivity index (χ0) is 13.8. The predicted octanol–water partition coefficient (Wildman–Crippen LogP) is 3.06. The first-order chi connectivity index (χ1) is 7.34. The molecule has 1 rings (SSSR count). The molecule has 0 saturated carbocycles. The fourth-order valence-electron chi connectivity index (χ4n) is 2.34. The van der Waals surface area contributed by atoms with Crippen LogP contribution in [0.5, 0.6) is 0 Å². The Bertz CT molecular complexity index is 378. The number of halogens is 3. The Morgan fingerprint density at radius 1 is 1.06 bits per heavy atom. The maximum Gasteiger partial charge on any atom is 0.471 e. The number of alkyl halides is 3. The second-order valence-electron chi connectivity index (χ2n) is 5.21. The maximum absolute atomic E-state index is 12.6. The first kappa shape index (κ1) is 13.8. The number of hydrogen-bond acceptors (Lipinski definition) is 1. The minimum atomic E-state index is -4.89. The fourth-order valence-corrected chi connectivity index (χ4v) is 2.34. The molecular weight excluding hydrogens is 231 g/mol. The van der Waals surface area contributed by atoms with Crippen molar-refractivity contribution in [1.29, 1.82) is 0 Å². The monoisotopic (exact) mass is 247 g/mol. The van der Waals surface area contributed by atoms with Gasteiger partial charge < -0.3 is 4.90 Å². The lowest BCUT2D eigenvalue weighted by Crippen LogP contribution is -2.56. The van der Waals surface area contributed by atoms with E-state index in [-0.39, 0.29) is 0 Å². The van der Waals surface area contributed by atoms with Crippen molar-refractivity contribution in [1.82, 2.24) is 4.90 Å². The fraction of sp³-hybridized carbons (Fsp3) is 0.583. The van der Waals surface area contributed by atoms with Crippen LogP contribution in [-0.2, 0) is 4.79 Å². The van der Waals surface area contributed by atoms with Crippen molar-refractivity contribution in [3.8, 4) is 0 Å². The Balaban J connectivity index is 3.36. The van der Waals surface area contributed by atoms with E-state index in [1.54, 1.807) is 27.7 Å². The summed E-state index contributed by atoms with van der Waals surface area (Å²) in [6.07, 6.45) is -4.89. The predicted molar refractivity (Wildman–Crippen MR) is 59.3 cm³/mol. The van der Waals surface area contributed by atoms with Gasteiger partial charge in [-0.2, -0.15) is 13.2 Å². The minimum Gasteiger partial charge on any atom is -0.317 e. The number of hydrogen-bond donors (Lipinski definition) is 0. The first-order valence-corrected chi connectivity index (χ1v) is 5.15. The average molecular weight is 247 g/mol. The molecule has 0 aromatic carbocycles. The molecule has 1 fully saturated rings. The minimum absolute atomic E-state index is 0.458. The molecule has 0 N–H and O–H groups in total. The summed E-state index contributed by atoms with van der Waals surface area (Å²) in [7, 11) is 0. The van der Waals surface area contributed by atoms with Crippen LogP contribution in [0.3, 0.4) is 0 Å². The topological polar surface area (TPSA) is 20.3 Å². The smallest absolute Gasteiger partial charge is 0.317 e. The van der Waals surface area contributed by atoms with Crippen LogP contribution in [0.2, 0.25) is 0 Å². The van der Waals surface area contributed by atoms with Gasteiger partial charge in [-0.1, -0.05) is 13.2 Å². The first-order valence-electron chi connectivity index (χ1n) is 5.15. The highest BCUT2D eigenvalue weighted by molar-refractivity contribution is 5.86. The Hall–Kier alpha value is -1.26. The van der Waals surface area contributed by atoms with E-state index >= 15 is 0 Å². The largest absolute Gasteiger partial charge is 0.471 e. The Kier molecular flexibility index (Phi) is 2.74. The zero-order valence-electron chi connectivity index (χ0n) is 10.4. The summed E-state index contributed by atoms with van der Waals surface area (Å²) in [4.78, 5) is 12.3. The van der Waals surface area contributed by atoms with Crippen LogP contribution in [0.4, 0.5) is 13.2 Å². The van der Waals surface area contributed by atoms with Crippen LogP contribution in [0.15, 0.2) is 24.3 Å². The lowest BCUT2D eigenvalue weighted by atomic mass is 9.91. The summed E-state index contributed by atoms with van der Waals surface area (Å²) in [5.74, 6) is -1.85. The average Bonchev–Trinajstić information content (AvgIpc) is 2.22. The lowest BCUT2D eigenvalue weighted by molar-refractivity contribution is -0.193. The van der Waals surface area contributed by atoms with Gasteiger partial charge in [0.05, 0.1) is 11.1 Å². The third-order valence-electron chi connectivity index (χ3n) is 3.40. The molecule has 96 valence electrons. The van der Waals surface area contributed by atoms with Crippen LogP contribution in [0.1, 0.15) is 27.7 Å². The van der Waals surface area contributed by atoms with Crippen LogP contribution in [0.25, 0.3) is 0 Å². The highest BCUT2D eigenvalue weighted by Gasteiger charge is 2.58. The van der Waals surface area contributed by atoms with Gasteiger partial charge in [0.1, 0.15) is 0 Å². The number of carbonyl (C=O) groups excluding carboxylic acids is 1. The normalized spacial score (nSPS) is 23.1. The maximum atomic E-state index is 12.6. The van der Waals surface area contributed by atoms with Crippen molar-refractivity contribution < 1.29 is 18.0 Å². The van der Waals surface area contributed by atoms with Crippen LogP contribution < -0.4 is 0 Å². The van der Waals surface area contributed by atoms with E-state index in [1.165, 1.54) is 0 Å². The number of nitrogens with zero attached hydrogens (tertiary/aromatic N) is 1. The summed E-state index contributed by atoms with van der Waals surface area (Å²) >= 11 is 0. The third kappa shape index (κ3) is 1.77. The Morgan fingerprint density at radius 3 is 1.59 bits per heavy atom. The molecule has 1 aliphatic rings. The second kappa shape index (κ2) is 3.37. The van der Waals surface area contributed by atoms with Crippen LogP contribution >= 0.6 is 0 Å². The van der Waals surface area contributed by atoms with Gasteiger partial charge in [-0.05, 0) is 38.8 Å². The Labute approximate surface area is 98.8 Å². The van der Waals surface area contributed by atoms with Crippen LogP contribution in [-0.4, -0.2) is 28.1 Å².